The molecule has 1 heterocycles. The van der Waals surface area contributed by atoms with Gasteiger partial charge >= 0.3 is 0 Å². The van der Waals surface area contributed by atoms with Crippen molar-refractivity contribution in [3.8, 4) is 0 Å². The molecule has 0 aromatic heterocycles. The molecular formula is C26H34FN3O3. The van der Waals surface area contributed by atoms with E-state index in [1.54, 1.807) is 19.2 Å². The zero-order valence-electron chi connectivity index (χ0n) is 19.6. The molecule has 1 saturated heterocycles. The third-order valence-electron chi connectivity index (χ3n) is 6.21. The summed E-state index contributed by atoms with van der Waals surface area (Å²) < 4.78 is 18.3. The minimum absolute atomic E-state index is 0.00410. The lowest BCUT2D eigenvalue weighted by Crippen LogP contribution is -2.43. The Morgan fingerprint density at radius 1 is 1.03 bits per heavy atom. The molecule has 0 atom stereocenters. The van der Waals surface area contributed by atoms with E-state index in [0.29, 0.717) is 30.8 Å². The van der Waals surface area contributed by atoms with Gasteiger partial charge in [0.2, 0.25) is 0 Å². The van der Waals surface area contributed by atoms with Gasteiger partial charge in [-0.2, -0.15) is 0 Å². The predicted octanol–water partition coefficient (Wildman–Crippen LogP) is 3.23. The van der Waals surface area contributed by atoms with E-state index in [1.807, 2.05) is 36.2 Å². The van der Waals surface area contributed by atoms with E-state index in [-0.39, 0.29) is 23.4 Å². The number of hydrogen-bond donors (Lipinski definition) is 1. The van der Waals surface area contributed by atoms with Gasteiger partial charge in [-0.15, -0.1) is 0 Å². The maximum absolute atomic E-state index is 13.1. The zero-order chi connectivity index (χ0) is 23.6. The fourth-order valence-electron chi connectivity index (χ4n) is 4.20. The summed E-state index contributed by atoms with van der Waals surface area (Å²) in [6, 6.07) is 13.5. The van der Waals surface area contributed by atoms with Crippen LogP contribution in [0.4, 0.5) is 4.39 Å². The van der Waals surface area contributed by atoms with Gasteiger partial charge in [0.25, 0.3) is 5.91 Å². The summed E-state index contributed by atoms with van der Waals surface area (Å²) in [6.45, 7) is 4.76. The smallest absolute Gasteiger partial charge is 0.253 e. The molecule has 0 radical (unpaired) electrons. The number of piperidine rings is 1. The highest BCUT2D eigenvalue weighted by atomic mass is 19.1. The summed E-state index contributed by atoms with van der Waals surface area (Å²) in [5.41, 5.74) is 2.39. The van der Waals surface area contributed by atoms with Crippen LogP contribution in [0.5, 0.6) is 0 Å². The molecule has 6 nitrogen and oxygen atoms in total. The van der Waals surface area contributed by atoms with Gasteiger partial charge in [0.05, 0.1) is 6.61 Å². The van der Waals surface area contributed by atoms with Gasteiger partial charge in [-0.05, 0) is 74.9 Å². The lowest BCUT2D eigenvalue weighted by Gasteiger charge is -2.33. The van der Waals surface area contributed by atoms with E-state index in [2.05, 4.69) is 10.2 Å². The van der Waals surface area contributed by atoms with Crippen LogP contribution in [-0.2, 0) is 11.3 Å². The lowest BCUT2D eigenvalue weighted by molar-refractivity contribution is 0.0651. The molecule has 1 aliphatic rings. The number of carbonyl (C=O) groups excluding carboxylic acids is 2. The van der Waals surface area contributed by atoms with Crippen molar-refractivity contribution in [3.63, 3.8) is 0 Å². The molecule has 7 heteroatoms. The molecule has 3 rings (SSSR count). The van der Waals surface area contributed by atoms with Crippen LogP contribution < -0.4 is 5.32 Å². The van der Waals surface area contributed by atoms with Crippen molar-refractivity contribution in [1.82, 2.24) is 15.1 Å². The highest BCUT2D eigenvalue weighted by Gasteiger charge is 2.26. The maximum atomic E-state index is 13.1. The number of ketones is 1. The van der Waals surface area contributed by atoms with Gasteiger partial charge in [0, 0.05) is 50.3 Å². The van der Waals surface area contributed by atoms with E-state index < -0.39 is 0 Å². The molecular weight excluding hydrogens is 421 g/mol. The number of likely N-dealkylation sites (tertiary alicyclic amines) is 1. The van der Waals surface area contributed by atoms with Crippen molar-refractivity contribution < 1.29 is 18.7 Å². The van der Waals surface area contributed by atoms with E-state index in [0.717, 1.165) is 44.6 Å². The highest BCUT2D eigenvalue weighted by molar-refractivity contribution is 5.97. The van der Waals surface area contributed by atoms with Gasteiger partial charge in [-0.1, -0.05) is 12.1 Å². The Bertz CT molecular complexity index is 894. The summed E-state index contributed by atoms with van der Waals surface area (Å²) in [4.78, 5) is 29.9. The number of carbonyl (C=O) groups is 2. The fraction of sp³-hybridized carbons (Fsp3) is 0.462. The molecule has 2 aromatic rings. The first-order chi connectivity index (χ1) is 16.0. The summed E-state index contributed by atoms with van der Waals surface area (Å²) in [5, 5.41) is 3.11. The van der Waals surface area contributed by atoms with Crippen LogP contribution in [0.1, 0.15) is 39.1 Å². The Balaban J connectivity index is 1.52. The molecule has 0 unspecified atom stereocenters. The minimum Gasteiger partial charge on any atom is -0.383 e. The number of halogens is 1. The molecule has 0 bridgehead atoms. The fourth-order valence-corrected chi connectivity index (χ4v) is 4.20. The van der Waals surface area contributed by atoms with E-state index in [4.69, 9.17) is 4.74 Å². The molecule has 1 amide bonds. The van der Waals surface area contributed by atoms with Gasteiger partial charge < -0.3 is 19.9 Å². The Morgan fingerprint density at radius 3 is 2.27 bits per heavy atom. The van der Waals surface area contributed by atoms with Crippen molar-refractivity contribution in [2.75, 3.05) is 53.5 Å². The van der Waals surface area contributed by atoms with Crippen LogP contribution in [0.2, 0.25) is 0 Å². The first-order valence-electron chi connectivity index (χ1n) is 11.6. The number of rotatable bonds is 11. The first kappa shape index (κ1) is 25.0. The van der Waals surface area contributed by atoms with Gasteiger partial charge in [-0.3, -0.25) is 9.59 Å². The second-order valence-electron chi connectivity index (χ2n) is 8.50. The number of hydrogen-bond acceptors (Lipinski definition) is 5. The van der Waals surface area contributed by atoms with Crippen LogP contribution in [0.25, 0.3) is 0 Å². The van der Waals surface area contributed by atoms with Crippen LogP contribution in [0, 0.1) is 11.7 Å². The third-order valence-corrected chi connectivity index (χ3v) is 6.21. The van der Waals surface area contributed by atoms with Crippen molar-refractivity contribution in [2.45, 2.75) is 19.4 Å². The molecule has 0 saturated carbocycles. The normalized spacial score (nSPS) is 14.9. The van der Waals surface area contributed by atoms with Crippen molar-refractivity contribution in [3.05, 3.63) is 71.0 Å². The summed E-state index contributed by atoms with van der Waals surface area (Å²) in [5.74, 6) is -0.269. The largest absolute Gasteiger partial charge is 0.383 e. The third kappa shape index (κ3) is 7.19. The summed E-state index contributed by atoms with van der Waals surface area (Å²) >= 11 is 0. The number of ether oxygens (including phenoxy) is 1. The van der Waals surface area contributed by atoms with Crippen molar-refractivity contribution >= 4 is 11.7 Å². The second kappa shape index (κ2) is 12.6. The van der Waals surface area contributed by atoms with Crippen LogP contribution in [-0.4, -0.2) is 75.0 Å². The second-order valence-corrected chi connectivity index (χ2v) is 8.50. The molecule has 1 aliphatic heterocycles. The molecule has 33 heavy (non-hydrogen) atoms. The number of nitrogens with zero attached hydrogens (tertiary/aromatic N) is 2. The van der Waals surface area contributed by atoms with E-state index >= 15 is 0 Å². The number of benzene rings is 2. The molecule has 0 aliphatic carbocycles. The molecule has 1 fully saturated rings. The van der Waals surface area contributed by atoms with Gasteiger partial charge in [0.15, 0.2) is 5.78 Å². The summed E-state index contributed by atoms with van der Waals surface area (Å²) in [6.07, 6.45) is 1.55. The monoisotopic (exact) mass is 455 g/mol. The SMILES string of the molecule is CNCc1ccc(C(=O)N(CCOC)CCN2CCC(C(=O)c3ccc(F)cc3)CC2)cc1. The molecule has 0 spiro atoms. The van der Waals surface area contributed by atoms with E-state index in [9.17, 15) is 14.0 Å². The standard InChI is InChI=1S/C26H34FN3O3/c1-28-19-20-3-5-23(6-4-20)26(32)30(17-18-33-2)16-15-29-13-11-22(12-14-29)25(31)21-7-9-24(27)10-8-21/h3-10,22,28H,11-19H2,1-2H3. The average molecular weight is 456 g/mol. The molecule has 178 valence electrons. The number of nitrogens with one attached hydrogen (secondary N) is 1. The predicted molar refractivity (Wildman–Crippen MR) is 127 cm³/mol. The van der Waals surface area contributed by atoms with Crippen LogP contribution in [0.15, 0.2) is 48.5 Å². The average Bonchev–Trinajstić information content (AvgIpc) is 2.85. The van der Waals surface area contributed by atoms with Crippen LogP contribution >= 0.6 is 0 Å². The maximum Gasteiger partial charge on any atom is 0.253 e. The van der Waals surface area contributed by atoms with Crippen molar-refractivity contribution in [2.24, 2.45) is 5.92 Å². The first-order valence-corrected chi connectivity index (χ1v) is 11.6. The van der Waals surface area contributed by atoms with Gasteiger partial charge in [-0.25, -0.2) is 4.39 Å². The van der Waals surface area contributed by atoms with E-state index in [1.165, 1.54) is 12.1 Å². The summed E-state index contributed by atoms with van der Waals surface area (Å²) in [7, 11) is 3.53. The minimum atomic E-state index is -0.331. The molecule has 1 N–H and O–H groups in total. The lowest BCUT2D eigenvalue weighted by atomic mass is 9.89. The highest BCUT2D eigenvalue weighted by Crippen LogP contribution is 2.22. The Hall–Kier alpha value is -2.61. The number of methoxy groups -OCH3 is 1. The van der Waals surface area contributed by atoms with Crippen LogP contribution in [0.3, 0.4) is 0 Å². The Kier molecular flexibility index (Phi) is 9.54. The number of amides is 1. The van der Waals surface area contributed by atoms with Gasteiger partial charge in [0.1, 0.15) is 5.82 Å². The Morgan fingerprint density at radius 2 is 1.67 bits per heavy atom. The topological polar surface area (TPSA) is 61.9 Å². The number of Topliss-reactive ketones (excluding diaryl/α,β-unsaturated/α-hetero) is 1. The quantitative estimate of drug-likeness (QED) is 0.527. The van der Waals surface area contributed by atoms with Crippen molar-refractivity contribution in [1.29, 1.82) is 0 Å². The Labute approximate surface area is 195 Å². The zero-order valence-corrected chi connectivity index (χ0v) is 19.6. The molecule has 2 aromatic carbocycles.